The summed E-state index contributed by atoms with van der Waals surface area (Å²) < 4.78 is 0. The van der Waals surface area contributed by atoms with Crippen molar-refractivity contribution >= 4 is 23.4 Å². The van der Waals surface area contributed by atoms with Crippen LogP contribution in [0.25, 0.3) is 0 Å². The van der Waals surface area contributed by atoms with Crippen LogP contribution in [0.5, 0.6) is 0 Å². The van der Waals surface area contributed by atoms with E-state index in [0.29, 0.717) is 24.5 Å². The predicted octanol–water partition coefficient (Wildman–Crippen LogP) is 2.99. The molecule has 5 heteroatoms. The number of carbonyl (C=O) groups excluding carboxylic acids is 2. The topological polar surface area (TPSA) is 49.4 Å². The molecule has 0 heterocycles. The molecule has 0 saturated carbocycles. The Morgan fingerprint density at radius 2 is 1.95 bits per heavy atom. The van der Waals surface area contributed by atoms with Crippen molar-refractivity contribution < 1.29 is 9.59 Å². The summed E-state index contributed by atoms with van der Waals surface area (Å²) in [7, 11) is 0. The molecular formula is C16H23ClN2O2. The number of nitrogens with one attached hydrogen (secondary N) is 1. The minimum Gasteiger partial charge on any atom is -0.355 e. The molecular weight excluding hydrogens is 288 g/mol. The predicted molar refractivity (Wildman–Crippen MR) is 85.1 cm³/mol. The molecule has 0 aromatic heterocycles. The molecule has 21 heavy (non-hydrogen) atoms. The van der Waals surface area contributed by atoms with Crippen LogP contribution in [0, 0.1) is 0 Å². The number of likely N-dealkylation sites (N-methyl/N-ethyl adjacent to an activating group) is 1. The fraction of sp³-hybridized carbons (Fsp3) is 0.500. The van der Waals surface area contributed by atoms with Gasteiger partial charge in [0.05, 0.1) is 0 Å². The number of benzene rings is 1. The third-order valence-electron chi connectivity index (χ3n) is 3.28. The fourth-order valence-corrected chi connectivity index (χ4v) is 2.27. The zero-order chi connectivity index (χ0) is 15.8. The average Bonchev–Trinajstić information content (AvgIpc) is 2.46. The van der Waals surface area contributed by atoms with Crippen molar-refractivity contribution in [2.24, 2.45) is 0 Å². The first kappa shape index (κ1) is 17.5. The van der Waals surface area contributed by atoms with Crippen LogP contribution in [0.2, 0.25) is 5.02 Å². The van der Waals surface area contributed by atoms with E-state index < -0.39 is 6.04 Å². The first-order valence-electron chi connectivity index (χ1n) is 7.31. The molecule has 0 aliphatic carbocycles. The number of hydrogen-bond acceptors (Lipinski definition) is 2. The summed E-state index contributed by atoms with van der Waals surface area (Å²) >= 11 is 6.16. The lowest BCUT2D eigenvalue weighted by Crippen LogP contribution is -2.47. The van der Waals surface area contributed by atoms with Crippen LogP contribution in [0.1, 0.15) is 39.2 Å². The monoisotopic (exact) mass is 310 g/mol. The SMILES string of the molecule is CCCC(=O)N(Cc1ccccc1Cl)[C@@H](C)C(=O)NCC. The Hall–Kier alpha value is -1.55. The molecule has 0 saturated heterocycles. The molecule has 0 aliphatic heterocycles. The molecule has 1 atom stereocenters. The Bertz CT molecular complexity index is 491. The van der Waals surface area contributed by atoms with Gasteiger partial charge in [-0.15, -0.1) is 0 Å². The standard InChI is InChI=1S/C16H23ClN2O2/c1-4-8-15(20)19(12(3)16(21)18-5-2)11-13-9-6-7-10-14(13)17/h6-7,9-10,12H,4-5,8,11H2,1-3H3,(H,18,21)/t12-/m0/s1. The number of carbonyl (C=O) groups is 2. The van der Waals surface area contributed by atoms with E-state index in [1.807, 2.05) is 32.0 Å². The number of amides is 2. The smallest absolute Gasteiger partial charge is 0.242 e. The Balaban J connectivity index is 2.94. The lowest BCUT2D eigenvalue weighted by molar-refractivity contribution is -0.140. The zero-order valence-corrected chi connectivity index (χ0v) is 13.6. The third kappa shape index (κ3) is 5.05. The van der Waals surface area contributed by atoms with Gasteiger partial charge >= 0.3 is 0 Å². The van der Waals surface area contributed by atoms with Gasteiger partial charge in [-0.1, -0.05) is 36.7 Å². The minimum absolute atomic E-state index is 0.0313. The highest BCUT2D eigenvalue weighted by molar-refractivity contribution is 6.31. The number of rotatable bonds is 7. The van der Waals surface area contributed by atoms with Crippen molar-refractivity contribution in [3.8, 4) is 0 Å². The van der Waals surface area contributed by atoms with Crippen LogP contribution in [-0.4, -0.2) is 29.3 Å². The Kier molecular flexibility index (Phi) is 7.23. The van der Waals surface area contributed by atoms with Crippen LogP contribution in [0.4, 0.5) is 0 Å². The Labute approximate surface area is 131 Å². The maximum Gasteiger partial charge on any atom is 0.242 e. The third-order valence-corrected chi connectivity index (χ3v) is 3.65. The maximum absolute atomic E-state index is 12.3. The van der Waals surface area contributed by atoms with Crippen LogP contribution in [0.15, 0.2) is 24.3 Å². The van der Waals surface area contributed by atoms with Crippen molar-refractivity contribution in [1.82, 2.24) is 10.2 Å². The Morgan fingerprint density at radius 3 is 2.52 bits per heavy atom. The molecule has 0 unspecified atom stereocenters. The van der Waals surface area contributed by atoms with Gasteiger partial charge in [0.15, 0.2) is 0 Å². The summed E-state index contributed by atoms with van der Waals surface area (Å²) in [6.07, 6.45) is 1.17. The molecule has 1 rings (SSSR count). The van der Waals surface area contributed by atoms with Gasteiger partial charge in [0.1, 0.15) is 6.04 Å². The van der Waals surface area contributed by atoms with Gasteiger partial charge in [0, 0.05) is 24.5 Å². The van der Waals surface area contributed by atoms with E-state index in [2.05, 4.69) is 5.32 Å². The summed E-state index contributed by atoms with van der Waals surface area (Å²) in [6.45, 7) is 6.44. The van der Waals surface area contributed by atoms with E-state index in [-0.39, 0.29) is 11.8 Å². The molecule has 0 fully saturated rings. The highest BCUT2D eigenvalue weighted by atomic mass is 35.5. The second kappa shape index (κ2) is 8.67. The summed E-state index contributed by atoms with van der Waals surface area (Å²) in [5, 5.41) is 3.36. The van der Waals surface area contributed by atoms with E-state index in [0.717, 1.165) is 12.0 Å². The second-order valence-corrected chi connectivity index (χ2v) is 5.34. The molecule has 1 aromatic carbocycles. The summed E-state index contributed by atoms with van der Waals surface area (Å²) in [4.78, 5) is 25.9. The zero-order valence-electron chi connectivity index (χ0n) is 12.9. The first-order chi connectivity index (χ1) is 10.0. The van der Waals surface area contributed by atoms with Gasteiger partial charge in [0.25, 0.3) is 0 Å². The first-order valence-corrected chi connectivity index (χ1v) is 7.69. The number of nitrogens with zero attached hydrogens (tertiary/aromatic N) is 1. The normalized spacial score (nSPS) is 11.8. The van der Waals surface area contributed by atoms with Crippen molar-refractivity contribution in [3.63, 3.8) is 0 Å². The second-order valence-electron chi connectivity index (χ2n) is 4.93. The molecule has 116 valence electrons. The van der Waals surface area contributed by atoms with Crippen LogP contribution >= 0.6 is 11.6 Å². The van der Waals surface area contributed by atoms with Crippen molar-refractivity contribution in [2.45, 2.75) is 46.2 Å². The number of halogens is 1. The van der Waals surface area contributed by atoms with Gasteiger partial charge in [-0.25, -0.2) is 0 Å². The van der Waals surface area contributed by atoms with Crippen molar-refractivity contribution in [1.29, 1.82) is 0 Å². The molecule has 4 nitrogen and oxygen atoms in total. The van der Waals surface area contributed by atoms with Crippen LogP contribution in [-0.2, 0) is 16.1 Å². The van der Waals surface area contributed by atoms with E-state index in [1.165, 1.54) is 0 Å². The van der Waals surface area contributed by atoms with Crippen molar-refractivity contribution in [3.05, 3.63) is 34.9 Å². The lowest BCUT2D eigenvalue weighted by atomic mass is 10.1. The van der Waals surface area contributed by atoms with E-state index in [1.54, 1.807) is 17.9 Å². The molecule has 2 amide bonds. The summed E-state index contributed by atoms with van der Waals surface area (Å²) in [6, 6.07) is 6.87. The van der Waals surface area contributed by atoms with E-state index in [9.17, 15) is 9.59 Å². The van der Waals surface area contributed by atoms with Crippen LogP contribution in [0.3, 0.4) is 0 Å². The average molecular weight is 311 g/mol. The van der Waals surface area contributed by atoms with Gasteiger partial charge in [-0.05, 0) is 31.9 Å². The lowest BCUT2D eigenvalue weighted by Gasteiger charge is -2.29. The molecule has 0 aliphatic rings. The largest absolute Gasteiger partial charge is 0.355 e. The molecule has 0 radical (unpaired) electrons. The van der Waals surface area contributed by atoms with E-state index in [4.69, 9.17) is 11.6 Å². The van der Waals surface area contributed by atoms with Gasteiger partial charge in [-0.3, -0.25) is 9.59 Å². The summed E-state index contributed by atoms with van der Waals surface area (Å²) in [5.41, 5.74) is 0.847. The van der Waals surface area contributed by atoms with Crippen molar-refractivity contribution in [2.75, 3.05) is 6.54 Å². The quantitative estimate of drug-likeness (QED) is 0.841. The Morgan fingerprint density at radius 1 is 1.29 bits per heavy atom. The fourth-order valence-electron chi connectivity index (χ4n) is 2.07. The molecule has 0 bridgehead atoms. The number of hydrogen-bond donors (Lipinski definition) is 1. The molecule has 1 aromatic rings. The summed E-state index contributed by atoms with van der Waals surface area (Å²) in [5.74, 6) is -0.176. The molecule has 0 spiro atoms. The minimum atomic E-state index is -0.514. The van der Waals surface area contributed by atoms with E-state index >= 15 is 0 Å². The van der Waals surface area contributed by atoms with Gasteiger partial charge < -0.3 is 10.2 Å². The van der Waals surface area contributed by atoms with Gasteiger partial charge in [0.2, 0.25) is 11.8 Å². The highest BCUT2D eigenvalue weighted by Gasteiger charge is 2.25. The maximum atomic E-state index is 12.3. The highest BCUT2D eigenvalue weighted by Crippen LogP contribution is 2.19. The molecule has 1 N–H and O–H groups in total. The van der Waals surface area contributed by atoms with Gasteiger partial charge in [-0.2, -0.15) is 0 Å². The van der Waals surface area contributed by atoms with Crippen LogP contribution < -0.4 is 5.32 Å².